The highest BCUT2D eigenvalue weighted by molar-refractivity contribution is 5.84. The number of aromatic nitrogens is 1. The normalized spacial score (nSPS) is 11.5. The van der Waals surface area contributed by atoms with Crippen LogP contribution in [0.5, 0.6) is 0 Å². The minimum Gasteiger partial charge on any atom is -0.346 e. The zero-order valence-electron chi connectivity index (χ0n) is 9.62. The lowest BCUT2D eigenvalue weighted by Crippen LogP contribution is -2.04. The van der Waals surface area contributed by atoms with E-state index in [4.69, 9.17) is 5.73 Å². The van der Waals surface area contributed by atoms with E-state index in [-0.39, 0.29) is 0 Å². The Morgan fingerprint density at radius 2 is 2.07 bits per heavy atom. The standard InChI is InChI=1S/C13H18N2/c1-9(2)12-6-4-5-10-7-11(8-14)15(3)13(10)12/h4-7,9H,8,14H2,1-3H3. The van der Waals surface area contributed by atoms with Crippen LogP contribution in [0.3, 0.4) is 0 Å². The van der Waals surface area contributed by atoms with Crippen LogP contribution in [0.15, 0.2) is 24.3 Å². The first-order valence-corrected chi connectivity index (χ1v) is 5.42. The van der Waals surface area contributed by atoms with Crippen LogP contribution in [0.1, 0.15) is 31.0 Å². The van der Waals surface area contributed by atoms with Gasteiger partial charge in [-0.15, -0.1) is 0 Å². The van der Waals surface area contributed by atoms with Gasteiger partial charge in [-0.25, -0.2) is 0 Å². The molecule has 0 aliphatic heterocycles. The molecule has 0 radical (unpaired) electrons. The first kappa shape index (κ1) is 10.2. The van der Waals surface area contributed by atoms with E-state index < -0.39 is 0 Å². The summed E-state index contributed by atoms with van der Waals surface area (Å²) in [6.07, 6.45) is 0. The van der Waals surface area contributed by atoms with E-state index in [1.54, 1.807) is 0 Å². The third-order valence-electron chi connectivity index (χ3n) is 3.02. The second-order valence-corrected chi connectivity index (χ2v) is 4.34. The third kappa shape index (κ3) is 1.55. The number of hydrogen-bond acceptors (Lipinski definition) is 1. The lowest BCUT2D eigenvalue weighted by Gasteiger charge is -2.10. The van der Waals surface area contributed by atoms with E-state index >= 15 is 0 Å². The molecule has 0 unspecified atom stereocenters. The number of nitrogens with zero attached hydrogens (tertiary/aromatic N) is 1. The highest BCUT2D eigenvalue weighted by atomic mass is 15.0. The number of aryl methyl sites for hydroxylation is 1. The van der Waals surface area contributed by atoms with Crippen molar-refractivity contribution in [3.8, 4) is 0 Å². The van der Waals surface area contributed by atoms with Gasteiger partial charge in [0.1, 0.15) is 0 Å². The van der Waals surface area contributed by atoms with Gasteiger partial charge in [-0.05, 0) is 17.5 Å². The fourth-order valence-corrected chi connectivity index (χ4v) is 2.17. The SMILES string of the molecule is CC(C)c1cccc2cc(CN)n(C)c12. The van der Waals surface area contributed by atoms with Crippen molar-refractivity contribution in [1.29, 1.82) is 0 Å². The van der Waals surface area contributed by atoms with Crippen LogP contribution in [-0.4, -0.2) is 4.57 Å². The Kier molecular flexibility index (Phi) is 2.53. The lowest BCUT2D eigenvalue weighted by molar-refractivity contribution is 0.822. The molecule has 0 spiro atoms. The minimum absolute atomic E-state index is 0.549. The predicted octanol–water partition coefficient (Wildman–Crippen LogP) is 2.76. The van der Waals surface area contributed by atoms with Gasteiger partial charge in [0.05, 0.1) is 5.52 Å². The Bertz CT molecular complexity index is 480. The number of rotatable bonds is 2. The molecule has 0 aliphatic carbocycles. The van der Waals surface area contributed by atoms with Crippen LogP contribution >= 0.6 is 0 Å². The third-order valence-corrected chi connectivity index (χ3v) is 3.02. The van der Waals surface area contributed by atoms with Crippen molar-refractivity contribution in [2.75, 3.05) is 0 Å². The van der Waals surface area contributed by atoms with Crippen molar-refractivity contribution in [2.24, 2.45) is 12.8 Å². The Balaban J connectivity index is 2.78. The van der Waals surface area contributed by atoms with Gasteiger partial charge in [0.2, 0.25) is 0 Å². The fourth-order valence-electron chi connectivity index (χ4n) is 2.17. The number of benzene rings is 1. The van der Waals surface area contributed by atoms with E-state index in [0.29, 0.717) is 12.5 Å². The van der Waals surface area contributed by atoms with Gasteiger partial charge in [0, 0.05) is 24.7 Å². The molecular formula is C13H18N2. The van der Waals surface area contributed by atoms with Gasteiger partial charge >= 0.3 is 0 Å². The van der Waals surface area contributed by atoms with Gasteiger partial charge < -0.3 is 10.3 Å². The Morgan fingerprint density at radius 1 is 1.33 bits per heavy atom. The average molecular weight is 202 g/mol. The summed E-state index contributed by atoms with van der Waals surface area (Å²) in [5, 5.41) is 1.30. The molecule has 0 fully saturated rings. The Hall–Kier alpha value is -1.28. The molecule has 80 valence electrons. The number of para-hydroxylation sites is 1. The summed E-state index contributed by atoms with van der Waals surface area (Å²) in [6.45, 7) is 5.05. The van der Waals surface area contributed by atoms with Gasteiger partial charge in [-0.3, -0.25) is 0 Å². The molecule has 0 bridgehead atoms. The topological polar surface area (TPSA) is 30.9 Å². The van der Waals surface area contributed by atoms with Crippen LogP contribution < -0.4 is 5.73 Å². The molecule has 1 aromatic carbocycles. The van der Waals surface area contributed by atoms with Crippen molar-refractivity contribution in [3.63, 3.8) is 0 Å². The van der Waals surface area contributed by atoms with Crippen LogP contribution in [0.4, 0.5) is 0 Å². The number of hydrogen-bond donors (Lipinski definition) is 1. The summed E-state index contributed by atoms with van der Waals surface area (Å²) < 4.78 is 2.21. The first-order chi connectivity index (χ1) is 7.15. The van der Waals surface area contributed by atoms with E-state index in [1.165, 1.54) is 22.2 Å². The Morgan fingerprint density at radius 3 is 2.67 bits per heavy atom. The van der Waals surface area contributed by atoms with Crippen LogP contribution in [0.2, 0.25) is 0 Å². The summed E-state index contributed by atoms with van der Waals surface area (Å²) in [5.41, 5.74) is 9.64. The molecule has 2 heteroatoms. The molecule has 0 atom stereocenters. The van der Waals surface area contributed by atoms with Crippen molar-refractivity contribution >= 4 is 10.9 Å². The lowest BCUT2D eigenvalue weighted by atomic mass is 10.0. The van der Waals surface area contributed by atoms with Crippen molar-refractivity contribution in [1.82, 2.24) is 4.57 Å². The van der Waals surface area contributed by atoms with E-state index in [0.717, 1.165) is 0 Å². The maximum Gasteiger partial charge on any atom is 0.0515 e. The second-order valence-electron chi connectivity index (χ2n) is 4.34. The smallest absolute Gasteiger partial charge is 0.0515 e. The molecule has 0 amide bonds. The molecular weight excluding hydrogens is 184 g/mol. The number of fused-ring (bicyclic) bond motifs is 1. The molecule has 0 saturated carbocycles. The van der Waals surface area contributed by atoms with Crippen molar-refractivity contribution in [3.05, 3.63) is 35.5 Å². The Labute approximate surface area is 90.7 Å². The van der Waals surface area contributed by atoms with E-state index in [1.807, 2.05) is 0 Å². The minimum atomic E-state index is 0.549. The van der Waals surface area contributed by atoms with E-state index in [2.05, 4.69) is 49.7 Å². The largest absolute Gasteiger partial charge is 0.346 e. The molecule has 0 aliphatic rings. The van der Waals surface area contributed by atoms with Gasteiger partial charge in [-0.2, -0.15) is 0 Å². The summed E-state index contributed by atoms with van der Waals surface area (Å²) in [4.78, 5) is 0. The van der Waals surface area contributed by atoms with E-state index in [9.17, 15) is 0 Å². The number of nitrogens with two attached hydrogens (primary N) is 1. The molecule has 2 rings (SSSR count). The quantitative estimate of drug-likeness (QED) is 0.797. The zero-order chi connectivity index (χ0) is 11.0. The average Bonchev–Trinajstić information content (AvgIpc) is 2.55. The predicted molar refractivity (Wildman–Crippen MR) is 64.9 cm³/mol. The second kappa shape index (κ2) is 3.70. The molecule has 2 N–H and O–H groups in total. The van der Waals surface area contributed by atoms with Crippen molar-refractivity contribution in [2.45, 2.75) is 26.3 Å². The maximum atomic E-state index is 5.72. The highest BCUT2D eigenvalue weighted by Crippen LogP contribution is 2.27. The fraction of sp³-hybridized carbons (Fsp3) is 0.385. The van der Waals surface area contributed by atoms with Gasteiger partial charge in [0.15, 0.2) is 0 Å². The van der Waals surface area contributed by atoms with Crippen LogP contribution in [-0.2, 0) is 13.6 Å². The molecule has 1 heterocycles. The first-order valence-electron chi connectivity index (χ1n) is 5.42. The molecule has 2 nitrogen and oxygen atoms in total. The summed E-state index contributed by atoms with van der Waals surface area (Å²) in [5.74, 6) is 0.549. The van der Waals surface area contributed by atoms with Crippen LogP contribution in [0, 0.1) is 0 Å². The zero-order valence-corrected chi connectivity index (χ0v) is 9.62. The van der Waals surface area contributed by atoms with Gasteiger partial charge in [-0.1, -0.05) is 32.0 Å². The molecule has 15 heavy (non-hydrogen) atoms. The van der Waals surface area contributed by atoms with Crippen molar-refractivity contribution < 1.29 is 0 Å². The summed E-state index contributed by atoms with van der Waals surface area (Å²) >= 11 is 0. The molecule has 1 aromatic heterocycles. The van der Waals surface area contributed by atoms with Gasteiger partial charge in [0.25, 0.3) is 0 Å². The maximum absolute atomic E-state index is 5.72. The summed E-state index contributed by atoms with van der Waals surface area (Å²) in [7, 11) is 2.09. The monoisotopic (exact) mass is 202 g/mol. The van der Waals surface area contributed by atoms with Crippen LogP contribution in [0.25, 0.3) is 10.9 Å². The molecule has 2 aromatic rings. The summed E-state index contributed by atoms with van der Waals surface area (Å²) in [6, 6.07) is 8.66. The highest BCUT2D eigenvalue weighted by Gasteiger charge is 2.10. The molecule has 0 saturated heterocycles.